The van der Waals surface area contributed by atoms with Crippen molar-refractivity contribution in [2.24, 2.45) is 0 Å². The number of hydrogen-bond acceptors (Lipinski definition) is 6. The molecule has 6 rings (SSSR count). The Bertz CT molecular complexity index is 1540. The molecular formula is C23H18FN7O2. The number of nitrogens with one attached hydrogen (secondary N) is 2. The van der Waals surface area contributed by atoms with E-state index in [1.54, 1.807) is 0 Å². The molecule has 4 heterocycles. The Morgan fingerprint density at radius 1 is 1.21 bits per heavy atom. The van der Waals surface area contributed by atoms with E-state index in [4.69, 9.17) is 0 Å². The van der Waals surface area contributed by atoms with Gasteiger partial charge in [-0.15, -0.1) is 0 Å². The normalized spacial score (nSPS) is 15.6. The highest BCUT2D eigenvalue weighted by Gasteiger charge is 2.25. The summed E-state index contributed by atoms with van der Waals surface area (Å²) < 4.78 is 15.2. The van der Waals surface area contributed by atoms with Crippen molar-refractivity contribution in [1.29, 1.82) is 0 Å². The molecule has 164 valence electrons. The number of fused-ring (bicyclic) bond motifs is 4. The Kier molecular flexibility index (Phi) is 4.32. The van der Waals surface area contributed by atoms with Crippen LogP contribution in [-0.2, 0) is 12.8 Å². The molecule has 0 saturated carbocycles. The number of nitrogens with zero attached hydrogens (tertiary/aromatic N) is 5. The summed E-state index contributed by atoms with van der Waals surface area (Å²) in [5.41, 5.74) is 4.03. The van der Waals surface area contributed by atoms with Gasteiger partial charge >= 0.3 is 5.97 Å². The third-order valence-corrected chi connectivity index (χ3v) is 5.99. The molecule has 0 bridgehead atoms. The fourth-order valence-corrected chi connectivity index (χ4v) is 4.46. The number of aryl methyl sites for hydroxylation is 1. The maximum Gasteiger partial charge on any atom is 0.341 e. The standard InChI is InChI=1S/C23H18FN7O2/c24-13-7-12(9-25-10-13)20-29-21-17(22(32)33)11-26-31(21)23(30-20)27-14-5-6-19-16(8-14)15-3-1-2-4-18(15)28-19/h1-4,7,9-11,14,28H,5-6,8H2,(H,32,33)(H,27,29,30)/t14-/m1/s1. The Balaban J connectivity index is 1.42. The number of benzene rings is 1. The number of anilines is 1. The fraction of sp³-hybridized carbons (Fsp3) is 0.174. The van der Waals surface area contributed by atoms with E-state index in [1.807, 2.05) is 12.1 Å². The third kappa shape index (κ3) is 3.27. The molecule has 3 N–H and O–H groups in total. The molecular weight excluding hydrogens is 425 g/mol. The predicted octanol–water partition coefficient (Wildman–Crippen LogP) is 3.47. The Morgan fingerprint density at radius 2 is 2.09 bits per heavy atom. The number of carboxylic acids is 1. The number of rotatable bonds is 4. The first-order chi connectivity index (χ1) is 16.1. The fourth-order valence-electron chi connectivity index (χ4n) is 4.46. The van der Waals surface area contributed by atoms with Crippen molar-refractivity contribution >= 4 is 28.5 Å². The summed E-state index contributed by atoms with van der Waals surface area (Å²) in [6, 6.07) is 9.53. The van der Waals surface area contributed by atoms with Gasteiger partial charge in [0.2, 0.25) is 5.95 Å². The quantitative estimate of drug-likeness (QED) is 0.389. The molecule has 10 heteroatoms. The number of aromatic carboxylic acids is 1. The van der Waals surface area contributed by atoms with Crippen LogP contribution < -0.4 is 5.32 Å². The van der Waals surface area contributed by atoms with Crippen LogP contribution in [0.1, 0.15) is 28.0 Å². The number of carboxylic acid groups (broad SMARTS) is 1. The van der Waals surface area contributed by atoms with Crippen LogP contribution in [0.4, 0.5) is 10.3 Å². The minimum absolute atomic E-state index is 0.0470. The van der Waals surface area contributed by atoms with Crippen LogP contribution in [-0.4, -0.2) is 46.7 Å². The largest absolute Gasteiger partial charge is 0.477 e. The zero-order chi connectivity index (χ0) is 22.5. The van der Waals surface area contributed by atoms with Gasteiger partial charge in [-0.25, -0.2) is 14.2 Å². The van der Waals surface area contributed by atoms with Gasteiger partial charge in [-0.05, 0) is 37.0 Å². The van der Waals surface area contributed by atoms with Crippen LogP contribution in [0.15, 0.2) is 48.9 Å². The van der Waals surface area contributed by atoms with Gasteiger partial charge in [0, 0.05) is 34.4 Å². The molecule has 0 unspecified atom stereocenters. The lowest BCUT2D eigenvalue weighted by Crippen LogP contribution is -2.29. The van der Waals surface area contributed by atoms with Crippen LogP contribution in [0.3, 0.4) is 0 Å². The van der Waals surface area contributed by atoms with Crippen molar-refractivity contribution in [3.05, 3.63) is 71.6 Å². The number of halogens is 1. The number of carbonyl (C=O) groups is 1. The first-order valence-corrected chi connectivity index (χ1v) is 10.5. The second-order valence-electron chi connectivity index (χ2n) is 8.07. The van der Waals surface area contributed by atoms with Crippen LogP contribution in [0.5, 0.6) is 0 Å². The van der Waals surface area contributed by atoms with Crippen molar-refractivity contribution in [2.75, 3.05) is 5.32 Å². The molecule has 1 aromatic carbocycles. The molecule has 0 radical (unpaired) electrons. The van der Waals surface area contributed by atoms with Crippen LogP contribution in [0.2, 0.25) is 0 Å². The molecule has 1 aliphatic carbocycles. The minimum atomic E-state index is -1.15. The highest BCUT2D eigenvalue weighted by molar-refractivity contribution is 5.94. The average Bonchev–Trinajstić information content (AvgIpc) is 3.41. The van der Waals surface area contributed by atoms with E-state index in [1.165, 1.54) is 39.6 Å². The second-order valence-corrected chi connectivity index (χ2v) is 8.07. The molecule has 9 nitrogen and oxygen atoms in total. The Hall–Kier alpha value is -4.34. The topological polar surface area (TPSA) is 121 Å². The number of aromatic nitrogens is 6. The second kappa shape index (κ2) is 7.37. The highest BCUT2D eigenvalue weighted by atomic mass is 19.1. The summed E-state index contributed by atoms with van der Waals surface area (Å²) in [4.78, 5) is 28.0. The number of aromatic amines is 1. The lowest BCUT2D eigenvalue weighted by molar-refractivity contribution is 0.0698. The summed E-state index contributed by atoms with van der Waals surface area (Å²) in [5.74, 6) is -1.17. The van der Waals surface area contributed by atoms with Gasteiger partial charge in [0.1, 0.15) is 11.4 Å². The highest BCUT2D eigenvalue weighted by Crippen LogP contribution is 2.30. The van der Waals surface area contributed by atoms with E-state index in [2.05, 4.69) is 42.5 Å². The summed E-state index contributed by atoms with van der Waals surface area (Å²) in [6.07, 6.45) is 6.27. The average molecular weight is 443 g/mol. The summed E-state index contributed by atoms with van der Waals surface area (Å²) in [7, 11) is 0. The molecule has 0 saturated heterocycles. The Labute approximate surface area is 186 Å². The molecule has 1 atom stereocenters. The van der Waals surface area contributed by atoms with Crippen molar-refractivity contribution in [3.63, 3.8) is 0 Å². The van der Waals surface area contributed by atoms with E-state index >= 15 is 0 Å². The van der Waals surface area contributed by atoms with Crippen LogP contribution >= 0.6 is 0 Å². The molecule has 1 aliphatic rings. The zero-order valence-electron chi connectivity index (χ0n) is 17.3. The van der Waals surface area contributed by atoms with E-state index in [0.29, 0.717) is 11.5 Å². The number of hydrogen-bond donors (Lipinski definition) is 3. The minimum Gasteiger partial charge on any atom is -0.477 e. The van der Waals surface area contributed by atoms with Gasteiger partial charge in [0.15, 0.2) is 11.5 Å². The van der Waals surface area contributed by atoms with Crippen molar-refractivity contribution in [3.8, 4) is 11.4 Å². The molecule has 33 heavy (non-hydrogen) atoms. The first kappa shape index (κ1) is 19.4. The van der Waals surface area contributed by atoms with Crippen molar-refractivity contribution < 1.29 is 14.3 Å². The van der Waals surface area contributed by atoms with Crippen molar-refractivity contribution in [1.82, 2.24) is 29.5 Å². The van der Waals surface area contributed by atoms with Crippen LogP contribution in [0, 0.1) is 5.82 Å². The van der Waals surface area contributed by atoms with E-state index in [9.17, 15) is 14.3 Å². The number of para-hydroxylation sites is 1. The lowest BCUT2D eigenvalue weighted by Gasteiger charge is -2.24. The van der Waals surface area contributed by atoms with Gasteiger partial charge in [0.25, 0.3) is 0 Å². The molecule has 5 aromatic rings. The SMILES string of the molecule is O=C(O)c1cnn2c(N[C@@H]3CCc4[nH]c5ccccc5c4C3)nc(-c3cncc(F)c3)nc12. The van der Waals surface area contributed by atoms with Gasteiger partial charge in [-0.3, -0.25) is 4.98 Å². The Morgan fingerprint density at radius 3 is 2.94 bits per heavy atom. The molecule has 4 aromatic heterocycles. The predicted molar refractivity (Wildman–Crippen MR) is 119 cm³/mol. The summed E-state index contributed by atoms with van der Waals surface area (Å²) in [5, 5.41) is 18.4. The van der Waals surface area contributed by atoms with Crippen molar-refractivity contribution in [2.45, 2.75) is 25.3 Å². The van der Waals surface area contributed by atoms with Gasteiger partial charge in [0.05, 0.1) is 12.4 Å². The van der Waals surface area contributed by atoms with Gasteiger partial charge < -0.3 is 15.4 Å². The van der Waals surface area contributed by atoms with Gasteiger partial charge in [-0.1, -0.05) is 18.2 Å². The smallest absolute Gasteiger partial charge is 0.341 e. The zero-order valence-corrected chi connectivity index (χ0v) is 17.3. The van der Waals surface area contributed by atoms with E-state index in [-0.39, 0.29) is 23.1 Å². The lowest BCUT2D eigenvalue weighted by atomic mass is 9.91. The maximum atomic E-state index is 13.8. The third-order valence-electron chi connectivity index (χ3n) is 5.99. The molecule has 0 spiro atoms. The molecule has 0 aliphatic heterocycles. The number of H-pyrrole nitrogens is 1. The first-order valence-electron chi connectivity index (χ1n) is 10.5. The maximum absolute atomic E-state index is 13.8. The van der Waals surface area contributed by atoms with Gasteiger partial charge in [-0.2, -0.15) is 14.6 Å². The number of pyridine rings is 1. The molecule has 0 amide bonds. The molecule has 0 fully saturated rings. The summed E-state index contributed by atoms with van der Waals surface area (Å²) >= 11 is 0. The van der Waals surface area contributed by atoms with E-state index < -0.39 is 11.8 Å². The van der Waals surface area contributed by atoms with Crippen LogP contribution in [0.25, 0.3) is 27.9 Å². The van der Waals surface area contributed by atoms with E-state index in [0.717, 1.165) is 31.0 Å². The monoisotopic (exact) mass is 443 g/mol. The summed E-state index contributed by atoms with van der Waals surface area (Å²) in [6.45, 7) is 0.